The van der Waals surface area contributed by atoms with Crippen LogP contribution in [0.4, 0.5) is 16.2 Å². The van der Waals surface area contributed by atoms with Crippen molar-refractivity contribution >= 4 is 31.7 Å². The molecule has 0 heterocycles. The highest BCUT2D eigenvalue weighted by Gasteiger charge is 2.37. The first-order valence-electron chi connectivity index (χ1n) is 13.3. The number of anilines is 2. The molecule has 8 heteroatoms. The van der Waals surface area contributed by atoms with Gasteiger partial charge in [-0.1, -0.05) is 69.3 Å². The number of amides is 2. The molecular formula is C31H40N2O5Si. The molecule has 0 atom stereocenters. The summed E-state index contributed by atoms with van der Waals surface area (Å²) < 4.78 is 12.2. The lowest BCUT2D eigenvalue weighted by Crippen LogP contribution is -2.40. The Kier molecular flexibility index (Phi) is 9.94. The molecule has 0 radical (unpaired) electrons. The maximum absolute atomic E-state index is 12.8. The summed E-state index contributed by atoms with van der Waals surface area (Å²) in [5.74, 6) is 0.567. The molecule has 7 nitrogen and oxygen atoms in total. The summed E-state index contributed by atoms with van der Waals surface area (Å²) in [6.45, 7) is 14.0. The SMILES string of the molecule is CCOc1cc(NC(=O)CCc2ccc(-c3ccccc3)c(NC(=O)O)c2)ccc1CO[Si](C)(C)C(C)(C)C. The molecule has 208 valence electrons. The molecule has 0 saturated heterocycles. The molecule has 3 N–H and O–H groups in total. The highest BCUT2D eigenvalue weighted by molar-refractivity contribution is 6.74. The third kappa shape index (κ3) is 8.43. The van der Waals surface area contributed by atoms with Gasteiger partial charge in [-0.25, -0.2) is 4.79 Å². The number of hydrogen-bond donors (Lipinski definition) is 3. The van der Waals surface area contributed by atoms with E-state index in [-0.39, 0.29) is 17.4 Å². The largest absolute Gasteiger partial charge is 0.493 e. The van der Waals surface area contributed by atoms with E-state index in [1.54, 1.807) is 6.07 Å². The standard InChI is InChI=1S/C31H40N2O5Si/c1-7-37-28-20-25(16-15-24(28)21-38-39(5,6)31(2,3)4)32-29(34)18-14-22-13-17-26(23-11-9-8-10-12-23)27(19-22)33-30(35)36/h8-13,15-17,19-20,33H,7,14,18,21H2,1-6H3,(H,32,34)(H,35,36). The molecule has 0 saturated carbocycles. The Labute approximate surface area is 232 Å². The van der Waals surface area contributed by atoms with Crippen molar-refractivity contribution in [2.24, 2.45) is 0 Å². The minimum Gasteiger partial charge on any atom is -0.493 e. The van der Waals surface area contributed by atoms with Gasteiger partial charge in [0.05, 0.1) is 18.9 Å². The third-order valence-electron chi connectivity index (χ3n) is 7.10. The summed E-state index contributed by atoms with van der Waals surface area (Å²) in [5, 5.41) is 14.9. The summed E-state index contributed by atoms with van der Waals surface area (Å²) in [4.78, 5) is 24.2. The molecule has 3 aromatic rings. The molecule has 0 unspecified atom stereocenters. The van der Waals surface area contributed by atoms with Gasteiger partial charge in [-0.2, -0.15) is 0 Å². The minimum absolute atomic E-state index is 0.110. The van der Waals surface area contributed by atoms with Crippen LogP contribution in [0.3, 0.4) is 0 Å². The Morgan fingerprint density at radius 2 is 1.67 bits per heavy atom. The summed E-state index contributed by atoms with van der Waals surface area (Å²) in [5.41, 5.74) is 4.66. The predicted molar refractivity (Wildman–Crippen MR) is 160 cm³/mol. The van der Waals surface area contributed by atoms with Crippen LogP contribution >= 0.6 is 0 Å². The summed E-state index contributed by atoms with van der Waals surface area (Å²) in [6, 6.07) is 20.8. The van der Waals surface area contributed by atoms with Crippen molar-refractivity contribution in [1.82, 2.24) is 0 Å². The van der Waals surface area contributed by atoms with Crippen molar-refractivity contribution < 1.29 is 23.9 Å². The maximum Gasteiger partial charge on any atom is 0.409 e. The molecule has 0 aliphatic rings. The molecule has 39 heavy (non-hydrogen) atoms. The fourth-order valence-electron chi connectivity index (χ4n) is 3.83. The van der Waals surface area contributed by atoms with Gasteiger partial charge >= 0.3 is 6.09 Å². The van der Waals surface area contributed by atoms with E-state index >= 15 is 0 Å². The molecule has 0 aliphatic carbocycles. The van der Waals surface area contributed by atoms with E-state index < -0.39 is 14.4 Å². The normalized spacial score (nSPS) is 11.6. The van der Waals surface area contributed by atoms with Crippen LogP contribution < -0.4 is 15.4 Å². The maximum atomic E-state index is 12.8. The molecule has 3 rings (SSSR count). The second-order valence-corrected chi connectivity index (χ2v) is 15.8. The van der Waals surface area contributed by atoms with Crippen LogP contribution in [-0.2, 0) is 22.2 Å². The van der Waals surface area contributed by atoms with Gasteiger partial charge in [-0.15, -0.1) is 0 Å². The highest BCUT2D eigenvalue weighted by Crippen LogP contribution is 2.38. The first-order chi connectivity index (χ1) is 18.4. The van der Waals surface area contributed by atoms with Gasteiger partial charge in [-0.05, 0) is 54.7 Å². The topological polar surface area (TPSA) is 96.9 Å². The first-order valence-corrected chi connectivity index (χ1v) is 16.2. The molecule has 0 aliphatic heterocycles. The van der Waals surface area contributed by atoms with E-state index in [4.69, 9.17) is 9.16 Å². The second-order valence-electron chi connectivity index (χ2n) is 11.0. The van der Waals surface area contributed by atoms with Crippen molar-refractivity contribution in [3.63, 3.8) is 0 Å². The summed E-state index contributed by atoms with van der Waals surface area (Å²) in [7, 11) is -1.91. The number of hydrogen-bond acceptors (Lipinski definition) is 4. The molecule has 0 spiro atoms. The van der Waals surface area contributed by atoms with Gasteiger partial charge in [-0.3, -0.25) is 10.1 Å². The van der Waals surface area contributed by atoms with Gasteiger partial charge < -0.3 is 19.6 Å². The monoisotopic (exact) mass is 548 g/mol. The Hall–Kier alpha value is -3.62. The molecule has 0 fully saturated rings. The van der Waals surface area contributed by atoms with E-state index in [2.05, 4.69) is 44.5 Å². The Morgan fingerprint density at radius 1 is 0.949 bits per heavy atom. The van der Waals surface area contributed by atoms with Gasteiger partial charge in [0.1, 0.15) is 5.75 Å². The van der Waals surface area contributed by atoms with Crippen LogP contribution in [0.1, 0.15) is 45.2 Å². The Morgan fingerprint density at radius 3 is 2.31 bits per heavy atom. The zero-order chi connectivity index (χ0) is 28.6. The van der Waals surface area contributed by atoms with E-state index in [9.17, 15) is 14.7 Å². The number of benzene rings is 3. The van der Waals surface area contributed by atoms with Crippen molar-refractivity contribution in [1.29, 1.82) is 0 Å². The zero-order valence-corrected chi connectivity index (χ0v) is 24.8. The smallest absolute Gasteiger partial charge is 0.409 e. The lowest BCUT2D eigenvalue weighted by atomic mass is 9.99. The van der Waals surface area contributed by atoms with Gasteiger partial charge in [0.2, 0.25) is 5.91 Å². The number of ether oxygens (including phenoxy) is 1. The number of carbonyl (C=O) groups excluding carboxylic acids is 1. The van der Waals surface area contributed by atoms with Crippen molar-refractivity contribution in [3.8, 4) is 16.9 Å². The Balaban J connectivity index is 1.67. The second kappa shape index (κ2) is 13.0. The lowest BCUT2D eigenvalue weighted by Gasteiger charge is -2.36. The number of aryl methyl sites for hydroxylation is 1. The molecule has 2 amide bonds. The van der Waals surface area contributed by atoms with Gasteiger partial charge in [0, 0.05) is 29.3 Å². The molecule has 3 aromatic carbocycles. The highest BCUT2D eigenvalue weighted by atomic mass is 28.4. The van der Waals surface area contributed by atoms with E-state index in [1.807, 2.05) is 67.6 Å². The van der Waals surface area contributed by atoms with Crippen LogP contribution in [0, 0.1) is 0 Å². The van der Waals surface area contributed by atoms with E-state index in [0.717, 1.165) is 22.3 Å². The molecule has 0 bridgehead atoms. The van der Waals surface area contributed by atoms with Gasteiger partial charge in [0.15, 0.2) is 8.32 Å². The van der Waals surface area contributed by atoms with Crippen LogP contribution in [0.15, 0.2) is 66.7 Å². The summed E-state index contributed by atoms with van der Waals surface area (Å²) in [6.07, 6.45) is -0.422. The summed E-state index contributed by atoms with van der Waals surface area (Å²) >= 11 is 0. The Bertz CT molecular complexity index is 1290. The average molecular weight is 549 g/mol. The fourth-order valence-corrected chi connectivity index (χ4v) is 4.78. The predicted octanol–water partition coefficient (Wildman–Crippen LogP) is 7.94. The first kappa shape index (κ1) is 29.9. The minimum atomic E-state index is -1.91. The average Bonchev–Trinajstić information content (AvgIpc) is 2.87. The van der Waals surface area contributed by atoms with Crippen molar-refractivity contribution in [2.45, 2.75) is 65.3 Å². The number of rotatable bonds is 11. The fraction of sp³-hybridized carbons (Fsp3) is 0.355. The third-order valence-corrected chi connectivity index (χ3v) is 11.6. The number of carboxylic acid groups (broad SMARTS) is 1. The van der Waals surface area contributed by atoms with E-state index in [1.165, 1.54) is 0 Å². The lowest BCUT2D eigenvalue weighted by molar-refractivity contribution is -0.116. The number of nitrogens with one attached hydrogen (secondary N) is 2. The van der Waals surface area contributed by atoms with Crippen LogP contribution in [0.2, 0.25) is 18.1 Å². The van der Waals surface area contributed by atoms with Gasteiger partial charge in [0.25, 0.3) is 0 Å². The van der Waals surface area contributed by atoms with Crippen LogP contribution in [0.25, 0.3) is 11.1 Å². The number of carbonyl (C=O) groups is 2. The van der Waals surface area contributed by atoms with E-state index in [0.29, 0.717) is 36.8 Å². The van der Waals surface area contributed by atoms with Crippen molar-refractivity contribution in [3.05, 3.63) is 77.9 Å². The molecule has 0 aromatic heterocycles. The quantitative estimate of drug-likeness (QED) is 0.211. The van der Waals surface area contributed by atoms with Crippen molar-refractivity contribution in [2.75, 3.05) is 17.2 Å². The van der Waals surface area contributed by atoms with Crippen LogP contribution in [0.5, 0.6) is 5.75 Å². The zero-order valence-electron chi connectivity index (χ0n) is 23.8. The van der Waals surface area contributed by atoms with Crippen LogP contribution in [-0.4, -0.2) is 32.0 Å². The molecular weight excluding hydrogens is 508 g/mol.